The van der Waals surface area contributed by atoms with Gasteiger partial charge in [0.15, 0.2) is 12.2 Å². The molecule has 0 aliphatic heterocycles. The van der Waals surface area contributed by atoms with Gasteiger partial charge in [-0.15, -0.1) is 0 Å². The number of unbranched alkanes of at least 4 members (excludes halogenated alkanes) is 24. The molecule has 488 valence electrons. The summed E-state index contributed by atoms with van der Waals surface area (Å²) < 4.78 is 67.9. The number of esters is 4. The smallest absolute Gasteiger partial charge is 0.462 e. The van der Waals surface area contributed by atoms with Crippen LogP contribution in [0.15, 0.2) is 24.3 Å². The summed E-state index contributed by atoms with van der Waals surface area (Å²) in [5.41, 5.74) is 0. The number of carbonyl (C=O) groups is 4. The van der Waals surface area contributed by atoms with Gasteiger partial charge in [0.05, 0.1) is 26.4 Å². The third kappa shape index (κ3) is 57.1. The van der Waals surface area contributed by atoms with Crippen molar-refractivity contribution in [1.29, 1.82) is 0 Å². The third-order valence-corrected chi connectivity index (χ3v) is 16.3. The van der Waals surface area contributed by atoms with Gasteiger partial charge in [-0.25, -0.2) is 9.13 Å². The van der Waals surface area contributed by atoms with Gasteiger partial charge in [-0.05, 0) is 69.1 Å². The molecule has 0 bridgehead atoms. The first-order valence-electron chi connectivity index (χ1n) is 32.7. The number of carbonyl (C=O) groups excluding carboxylic acids is 4. The molecule has 0 aromatic heterocycles. The maximum Gasteiger partial charge on any atom is 0.472 e. The first kappa shape index (κ1) is 80.5. The van der Waals surface area contributed by atoms with Gasteiger partial charge in [0, 0.05) is 25.7 Å². The van der Waals surface area contributed by atoms with Crippen LogP contribution in [0.4, 0.5) is 0 Å². The van der Waals surface area contributed by atoms with E-state index in [4.69, 9.17) is 37.0 Å². The molecule has 19 heteroatoms. The second-order valence-corrected chi connectivity index (χ2v) is 26.6. The summed E-state index contributed by atoms with van der Waals surface area (Å²) in [6.07, 6.45) is 38.8. The van der Waals surface area contributed by atoms with E-state index in [9.17, 15) is 43.2 Å². The Labute approximate surface area is 503 Å². The van der Waals surface area contributed by atoms with Crippen molar-refractivity contribution >= 4 is 39.5 Å². The van der Waals surface area contributed by atoms with Crippen molar-refractivity contribution in [3.8, 4) is 0 Å². The Hall–Kier alpha value is -2.46. The van der Waals surface area contributed by atoms with Crippen molar-refractivity contribution in [1.82, 2.24) is 0 Å². The van der Waals surface area contributed by atoms with E-state index >= 15 is 0 Å². The van der Waals surface area contributed by atoms with Crippen LogP contribution in [-0.4, -0.2) is 96.7 Å². The molecular formula is C64H120O17P2. The summed E-state index contributed by atoms with van der Waals surface area (Å²) >= 11 is 0. The van der Waals surface area contributed by atoms with Gasteiger partial charge in [-0.3, -0.25) is 37.3 Å². The van der Waals surface area contributed by atoms with Crippen molar-refractivity contribution in [3.63, 3.8) is 0 Å². The Morgan fingerprint density at radius 3 is 1.07 bits per heavy atom. The van der Waals surface area contributed by atoms with Crippen LogP contribution >= 0.6 is 15.6 Å². The fourth-order valence-electron chi connectivity index (χ4n) is 8.91. The number of aliphatic hydroxyl groups excluding tert-OH is 1. The lowest BCUT2D eigenvalue weighted by molar-refractivity contribution is -0.161. The van der Waals surface area contributed by atoms with Crippen LogP contribution < -0.4 is 0 Å². The van der Waals surface area contributed by atoms with E-state index in [0.29, 0.717) is 37.5 Å². The number of phosphoric ester groups is 2. The SMILES string of the molecule is CCCCCC/C=C\C=C/CCCCCCCC(=O)O[C@H](COC(=O)CCCCCCCCC(C)C)COP(=O)(O)OC[C@H](O)COP(=O)(O)OC[C@@H](COC(=O)CCCCCCCCC(C)C)OC(=O)CCCCCCCCC(C)CC. The molecule has 0 saturated heterocycles. The largest absolute Gasteiger partial charge is 0.472 e. The number of rotatable bonds is 60. The van der Waals surface area contributed by atoms with Crippen LogP contribution in [0.1, 0.15) is 286 Å². The summed E-state index contributed by atoms with van der Waals surface area (Å²) in [5, 5.41) is 10.5. The first-order chi connectivity index (χ1) is 39.8. The van der Waals surface area contributed by atoms with Gasteiger partial charge in [0.1, 0.15) is 19.3 Å². The van der Waals surface area contributed by atoms with Gasteiger partial charge in [0.25, 0.3) is 0 Å². The molecule has 0 fully saturated rings. The minimum atomic E-state index is -4.95. The van der Waals surface area contributed by atoms with Crippen LogP contribution in [0.5, 0.6) is 0 Å². The molecule has 3 N–H and O–H groups in total. The molecule has 0 spiro atoms. The average molecular weight is 1220 g/mol. The van der Waals surface area contributed by atoms with Gasteiger partial charge in [-0.2, -0.15) is 0 Å². The van der Waals surface area contributed by atoms with E-state index in [2.05, 4.69) is 72.8 Å². The molecule has 83 heavy (non-hydrogen) atoms. The second kappa shape index (κ2) is 54.9. The minimum Gasteiger partial charge on any atom is -0.462 e. The predicted octanol–water partition coefficient (Wildman–Crippen LogP) is 17.1. The maximum absolute atomic E-state index is 13.0. The number of allylic oxidation sites excluding steroid dienone is 4. The van der Waals surface area contributed by atoms with Gasteiger partial charge >= 0.3 is 39.5 Å². The summed E-state index contributed by atoms with van der Waals surface area (Å²) in [4.78, 5) is 72.1. The zero-order chi connectivity index (χ0) is 61.7. The number of phosphoric acid groups is 2. The van der Waals surface area contributed by atoms with Crippen LogP contribution in [0.2, 0.25) is 0 Å². The van der Waals surface area contributed by atoms with Crippen LogP contribution in [0, 0.1) is 17.8 Å². The van der Waals surface area contributed by atoms with Crippen molar-refractivity contribution < 1.29 is 80.2 Å². The standard InChI is InChI=1S/C64H120O17P2/c1-8-10-11-12-13-14-15-16-17-18-19-20-21-33-40-47-63(68)80-59(51-74-61(66)45-38-31-25-22-28-35-42-55(3)4)53-78-82(70,71)76-49-58(65)50-77-83(72,73)79-54-60(52-75-62(67)46-39-32-26-23-29-36-43-56(5)6)81-64(69)48-41-34-27-24-30-37-44-57(7)9-2/h14-17,55-60,65H,8-13,18-54H2,1-7H3,(H,70,71)(H,72,73)/b15-14-,17-16-/t57?,58-,59+,60+/m0/s1. The molecular weight excluding hydrogens is 1100 g/mol. The monoisotopic (exact) mass is 1220 g/mol. The number of hydrogen-bond acceptors (Lipinski definition) is 15. The fraction of sp³-hybridized carbons (Fsp3) is 0.875. The van der Waals surface area contributed by atoms with E-state index in [1.807, 2.05) is 0 Å². The molecule has 0 aliphatic rings. The van der Waals surface area contributed by atoms with Crippen LogP contribution in [-0.2, 0) is 65.4 Å². The predicted molar refractivity (Wildman–Crippen MR) is 330 cm³/mol. The number of ether oxygens (including phenoxy) is 4. The molecule has 0 rings (SSSR count). The summed E-state index contributed by atoms with van der Waals surface area (Å²) in [7, 11) is -9.90. The lowest BCUT2D eigenvalue weighted by Crippen LogP contribution is -2.30. The van der Waals surface area contributed by atoms with Crippen molar-refractivity contribution in [2.24, 2.45) is 17.8 Å². The van der Waals surface area contributed by atoms with Crippen LogP contribution in [0.25, 0.3) is 0 Å². The second-order valence-electron chi connectivity index (χ2n) is 23.7. The molecule has 0 saturated carbocycles. The summed E-state index contributed by atoms with van der Waals surface area (Å²) in [6, 6.07) is 0. The highest BCUT2D eigenvalue weighted by molar-refractivity contribution is 7.47. The van der Waals surface area contributed by atoms with E-state index in [0.717, 1.165) is 121 Å². The molecule has 17 nitrogen and oxygen atoms in total. The normalized spacial score (nSPS) is 14.9. The molecule has 0 amide bonds. The third-order valence-electron chi connectivity index (χ3n) is 14.4. The molecule has 0 aromatic rings. The fourth-order valence-corrected chi connectivity index (χ4v) is 10.5. The molecule has 0 aliphatic carbocycles. The van der Waals surface area contributed by atoms with Crippen molar-refractivity contribution in [2.75, 3.05) is 39.6 Å². The Morgan fingerprint density at radius 2 is 0.711 bits per heavy atom. The Kier molecular flexibility index (Phi) is 53.3. The van der Waals surface area contributed by atoms with E-state index in [-0.39, 0.29) is 25.7 Å². The Bertz CT molecular complexity index is 1740. The van der Waals surface area contributed by atoms with E-state index in [1.165, 1.54) is 70.6 Å². The topological polar surface area (TPSA) is 237 Å². The van der Waals surface area contributed by atoms with Gasteiger partial charge in [-0.1, -0.05) is 233 Å². The van der Waals surface area contributed by atoms with E-state index in [1.54, 1.807) is 0 Å². The lowest BCUT2D eigenvalue weighted by atomic mass is 10.00. The highest BCUT2D eigenvalue weighted by Gasteiger charge is 2.30. The highest BCUT2D eigenvalue weighted by atomic mass is 31.2. The van der Waals surface area contributed by atoms with Crippen molar-refractivity contribution in [2.45, 2.75) is 304 Å². The molecule has 0 heterocycles. The summed E-state index contributed by atoms with van der Waals surface area (Å²) in [6.45, 7) is 11.5. The quantitative estimate of drug-likeness (QED) is 0.0169. The highest BCUT2D eigenvalue weighted by Crippen LogP contribution is 2.45. The number of aliphatic hydroxyl groups is 1. The van der Waals surface area contributed by atoms with Gasteiger partial charge in [0.2, 0.25) is 0 Å². The molecule has 3 unspecified atom stereocenters. The van der Waals surface area contributed by atoms with E-state index < -0.39 is 97.5 Å². The Morgan fingerprint density at radius 1 is 0.398 bits per heavy atom. The van der Waals surface area contributed by atoms with Crippen LogP contribution in [0.3, 0.4) is 0 Å². The van der Waals surface area contributed by atoms with Crippen molar-refractivity contribution in [3.05, 3.63) is 24.3 Å². The minimum absolute atomic E-state index is 0.0831. The zero-order valence-electron chi connectivity index (χ0n) is 53.1. The Balaban J connectivity index is 5.27. The zero-order valence-corrected chi connectivity index (χ0v) is 54.9. The molecule has 6 atom stereocenters. The summed E-state index contributed by atoms with van der Waals surface area (Å²) in [5.74, 6) is -0.101. The maximum atomic E-state index is 13.0. The lowest BCUT2D eigenvalue weighted by Gasteiger charge is -2.21. The number of hydrogen-bond donors (Lipinski definition) is 3. The molecule has 0 aromatic carbocycles. The van der Waals surface area contributed by atoms with Gasteiger partial charge < -0.3 is 33.8 Å². The molecule has 0 radical (unpaired) electrons. The average Bonchev–Trinajstić information content (AvgIpc) is 3.45. The first-order valence-corrected chi connectivity index (χ1v) is 35.7.